The Labute approximate surface area is 163 Å². The molecule has 4 aromatic rings. The summed E-state index contributed by atoms with van der Waals surface area (Å²) in [7, 11) is 3.40. The number of aryl methyl sites for hydroxylation is 1. The minimum absolute atomic E-state index is 0.0572. The molecule has 0 atom stereocenters. The lowest BCUT2D eigenvalue weighted by Gasteiger charge is -2.11. The number of benzene rings is 2. The Morgan fingerprint density at radius 1 is 0.929 bits per heavy atom. The number of nitrogens with zero attached hydrogens (tertiary/aromatic N) is 3. The third-order valence-electron chi connectivity index (χ3n) is 4.74. The van der Waals surface area contributed by atoms with Gasteiger partial charge in [-0.2, -0.15) is 5.10 Å². The molecule has 2 aromatic carbocycles. The lowest BCUT2D eigenvalue weighted by Crippen LogP contribution is -2.15. The van der Waals surface area contributed by atoms with E-state index in [4.69, 9.17) is 4.74 Å². The molecule has 28 heavy (non-hydrogen) atoms. The molecule has 0 unspecified atom stereocenters. The Balaban J connectivity index is 1.77. The van der Waals surface area contributed by atoms with Gasteiger partial charge in [0.05, 0.1) is 19.9 Å². The molecule has 0 aliphatic carbocycles. The molecule has 0 radical (unpaired) electrons. The molecular weight excluding hydrogens is 350 g/mol. The first-order valence-electron chi connectivity index (χ1n) is 9.06. The zero-order chi connectivity index (χ0) is 19.5. The molecular formula is C23H21N3O2. The van der Waals surface area contributed by atoms with E-state index in [0.717, 1.165) is 28.0 Å². The van der Waals surface area contributed by atoms with Crippen molar-refractivity contribution in [2.75, 3.05) is 7.11 Å². The van der Waals surface area contributed by atoms with Crippen molar-refractivity contribution in [3.63, 3.8) is 0 Å². The maximum atomic E-state index is 12.3. The number of hydrogen-bond acceptors (Lipinski definition) is 3. The maximum Gasteiger partial charge on any atom is 0.250 e. The van der Waals surface area contributed by atoms with Crippen LogP contribution in [0.25, 0.3) is 22.3 Å². The van der Waals surface area contributed by atoms with Crippen molar-refractivity contribution in [2.24, 2.45) is 7.05 Å². The molecule has 0 bridgehead atoms. The van der Waals surface area contributed by atoms with E-state index < -0.39 is 0 Å². The number of ether oxygens (including phenoxy) is 1. The van der Waals surface area contributed by atoms with Gasteiger partial charge in [0, 0.05) is 36.6 Å². The summed E-state index contributed by atoms with van der Waals surface area (Å²) in [5, 5.41) is 4.51. The lowest BCUT2D eigenvalue weighted by atomic mass is 9.98. The minimum Gasteiger partial charge on any atom is -0.497 e. The van der Waals surface area contributed by atoms with Crippen molar-refractivity contribution in [3.8, 4) is 28.0 Å². The molecule has 0 aliphatic rings. The Morgan fingerprint density at radius 2 is 1.75 bits per heavy atom. The highest BCUT2D eigenvalue weighted by atomic mass is 16.5. The predicted octanol–water partition coefficient (Wildman–Crippen LogP) is 3.97. The monoisotopic (exact) mass is 371 g/mol. The summed E-state index contributed by atoms with van der Waals surface area (Å²) in [5.74, 6) is 0.754. The van der Waals surface area contributed by atoms with Crippen LogP contribution < -0.4 is 10.3 Å². The van der Waals surface area contributed by atoms with Gasteiger partial charge in [-0.15, -0.1) is 0 Å². The third kappa shape index (κ3) is 3.60. The molecule has 0 aliphatic heterocycles. The van der Waals surface area contributed by atoms with Crippen LogP contribution >= 0.6 is 0 Å². The minimum atomic E-state index is -0.0572. The second-order valence-corrected chi connectivity index (χ2v) is 6.69. The molecule has 0 N–H and O–H groups in total. The van der Waals surface area contributed by atoms with Crippen LogP contribution in [0, 0.1) is 0 Å². The highest BCUT2D eigenvalue weighted by molar-refractivity contribution is 5.82. The fourth-order valence-electron chi connectivity index (χ4n) is 3.25. The quantitative estimate of drug-likeness (QED) is 0.533. The van der Waals surface area contributed by atoms with Gasteiger partial charge in [-0.3, -0.25) is 9.48 Å². The van der Waals surface area contributed by atoms with Gasteiger partial charge in [0.25, 0.3) is 5.56 Å². The van der Waals surface area contributed by atoms with Crippen molar-refractivity contribution in [2.45, 2.75) is 6.54 Å². The van der Waals surface area contributed by atoms with Crippen molar-refractivity contribution >= 4 is 0 Å². The summed E-state index contributed by atoms with van der Waals surface area (Å²) in [4.78, 5) is 12.3. The molecule has 0 amide bonds. The summed E-state index contributed by atoms with van der Waals surface area (Å²) in [6.45, 7) is 0.696. The van der Waals surface area contributed by atoms with Gasteiger partial charge >= 0.3 is 0 Å². The van der Waals surface area contributed by atoms with Crippen LogP contribution in [-0.4, -0.2) is 21.5 Å². The predicted molar refractivity (Wildman–Crippen MR) is 110 cm³/mol. The molecule has 2 aromatic heterocycles. The number of pyridine rings is 1. The number of rotatable bonds is 5. The number of aromatic nitrogens is 3. The van der Waals surface area contributed by atoms with Gasteiger partial charge < -0.3 is 9.30 Å². The number of methoxy groups -OCH3 is 1. The summed E-state index contributed by atoms with van der Waals surface area (Å²) in [5.41, 5.74) is 4.84. The zero-order valence-corrected chi connectivity index (χ0v) is 15.9. The first kappa shape index (κ1) is 17.8. The maximum absolute atomic E-state index is 12.3. The average Bonchev–Trinajstić information content (AvgIpc) is 3.19. The van der Waals surface area contributed by atoms with Gasteiger partial charge in [-0.1, -0.05) is 42.5 Å². The smallest absolute Gasteiger partial charge is 0.250 e. The summed E-state index contributed by atoms with van der Waals surface area (Å²) in [6, 6.07) is 19.6. The summed E-state index contributed by atoms with van der Waals surface area (Å²) >= 11 is 0. The van der Waals surface area contributed by atoms with Gasteiger partial charge in [0.2, 0.25) is 0 Å². The van der Waals surface area contributed by atoms with E-state index in [2.05, 4.69) is 17.2 Å². The topological polar surface area (TPSA) is 49.1 Å². The van der Waals surface area contributed by atoms with Crippen LogP contribution in [0.3, 0.4) is 0 Å². The van der Waals surface area contributed by atoms with Crippen molar-refractivity contribution in [1.82, 2.24) is 14.3 Å². The van der Waals surface area contributed by atoms with Gasteiger partial charge in [-0.05, 0) is 28.8 Å². The van der Waals surface area contributed by atoms with Gasteiger partial charge in [0.1, 0.15) is 5.75 Å². The summed E-state index contributed by atoms with van der Waals surface area (Å²) in [6.07, 6.45) is 5.71. The van der Waals surface area contributed by atoms with E-state index in [-0.39, 0.29) is 5.56 Å². The highest BCUT2D eigenvalue weighted by Crippen LogP contribution is 2.32. The fourth-order valence-corrected chi connectivity index (χ4v) is 3.25. The highest BCUT2D eigenvalue weighted by Gasteiger charge is 2.13. The summed E-state index contributed by atoms with van der Waals surface area (Å²) < 4.78 is 8.85. The lowest BCUT2D eigenvalue weighted by molar-refractivity contribution is 0.415. The van der Waals surface area contributed by atoms with Crippen molar-refractivity contribution in [1.29, 1.82) is 0 Å². The fraction of sp³-hybridized carbons (Fsp3) is 0.130. The molecule has 0 saturated carbocycles. The van der Waals surface area contributed by atoms with Gasteiger partial charge in [0.15, 0.2) is 0 Å². The van der Waals surface area contributed by atoms with E-state index >= 15 is 0 Å². The molecule has 5 heteroatoms. The largest absolute Gasteiger partial charge is 0.497 e. The third-order valence-corrected chi connectivity index (χ3v) is 4.74. The average molecular weight is 371 g/mol. The Morgan fingerprint density at radius 3 is 2.54 bits per heavy atom. The zero-order valence-electron chi connectivity index (χ0n) is 15.9. The molecule has 0 fully saturated rings. The Kier molecular flexibility index (Phi) is 4.81. The normalized spacial score (nSPS) is 10.8. The van der Waals surface area contributed by atoms with Crippen LogP contribution in [0.2, 0.25) is 0 Å². The first-order chi connectivity index (χ1) is 13.6. The van der Waals surface area contributed by atoms with E-state index in [9.17, 15) is 4.79 Å². The SMILES string of the molecule is COc1cccc(-c2cc(=O)n(C)cc2-c2cnn(Cc3ccccc3)c2)c1. The second-order valence-electron chi connectivity index (χ2n) is 6.69. The standard InChI is InChI=1S/C23H21N3O2/c1-25-16-22(19-13-24-26(15-19)14-17-7-4-3-5-8-17)21(12-23(25)27)18-9-6-10-20(11-18)28-2/h3-13,15-16H,14H2,1-2H3. The van der Waals surface area contributed by atoms with E-state index in [1.807, 2.05) is 65.7 Å². The van der Waals surface area contributed by atoms with Crippen LogP contribution in [-0.2, 0) is 13.6 Å². The van der Waals surface area contributed by atoms with Crippen molar-refractivity contribution < 1.29 is 4.74 Å². The Hall–Kier alpha value is -3.60. The Bertz CT molecular complexity index is 1160. The molecule has 140 valence electrons. The second kappa shape index (κ2) is 7.56. The van der Waals surface area contributed by atoms with Crippen LogP contribution in [0.1, 0.15) is 5.56 Å². The van der Waals surface area contributed by atoms with E-state index in [1.54, 1.807) is 24.8 Å². The van der Waals surface area contributed by atoms with Crippen LogP contribution in [0.5, 0.6) is 5.75 Å². The van der Waals surface area contributed by atoms with Gasteiger partial charge in [-0.25, -0.2) is 0 Å². The van der Waals surface area contributed by atoms with E-state index in [1.165, 1.54) is 5.56 Å². The molecule has 0 spiro atoms. The molecule has 0 saturated heterocycles. The van der Waals surface area contributed by atoms with Crippen molar-refractivity contribution in [3.05, 3.63) is 95.2 Å². The first-order valence-corrected chi connectivity index (χ1v) is 9.06. The van der Waals surface area contributed by atoms with Crippen LogP contribution in [0.4, 0.5) is 0 Å². The van der Waals surface area contributed by atoms with Crippen LogP contribution in [0.15, 0.2) is 84.0 Å². The molecule has 5 nitrogen and oxygen atoms in total. The van der Waals surface area contributed by atoms with E-state index in [0.29, 0.717) is 6.54 Å². The molecule has 2 heterocycles. The molecule has 4 rings (SSSR count). The number of hydrogen-bond donors (Lipinski definition) is 0.